The number of nitrogens with one attached hydrogen (secondary N) is 1. The summed E-state index contributed by atoms with van der Waals surface area (Å²) in [4.78, 5) is 14.3. The number of nitrogens with two attached hydrogens (primary N) is 1. The van der Waals surface area contributed by atoms with Gasteiger partial charge in [-0.25, -0.2) is 4.98 Å². The minimum absolute atomic E-state index is 0.00290. The van der Waals surface area contributed by atoms with E-state index in [4.69, 9.17) is 10.5 Å². The van der Waals surface area contributed by atoms with Crippen molar-refractivity contribution < 1.29 is 9.66 Å². The van der Waals surface area contributed by atoms with E-state index in [1.807, 2.05) is 0 Å². The summed E-state index contributed by atoms with van der Waals surface area (Å²) < 4.78 is 5.05. The van der Waals surface area contributed by atoms with E-state index >= 15 is 0 Å². The van der Waals surface area contributed by atoms with E-state index in [1.54, 1.807) is 7.11 Å². The average molecular weight is 268 g/mol. The van der Waals surface area contributed by atoms with E-state index in [1.165, 1.54) is 12.1 Å². The lowest BCUT2D eigenvalue weighted by molar-refractivity contribution is -0.384. The van der Waals surface area contributed by atoms with Crippen molar-refractivity contribution in [2.45, 2.75) is 20.3 Å². The van der Waals surface area contributed by atoms with Gasteiger partial charge in [-0.15, -0.1) is 0 Å². The van der Waals surface area contributed by atoms with Crippen LogP contribution in [0.2, 0.25) is 0 Å². The smallest absolute Gasteiger partial charge is 0.276 e. The van der Waals surface area contributed by atoms with E-state index in [0.717, 1.165) is 6.42 Å². The Kier molecular flexibility index (Phi) is 5.05. The number of hydrogen-bond acceptors (Lipinski definition) is 6. The summed E-state index contributed by atoms with van der Waals surface area (Å²) >= 11 is 0. The minimum Gasteiger partial charge on any atom is -0.385 e. The van der Waals surface area contributed by atoms with E-state index in [9.17, 15) is 10.1 Å². The molecule has 7 nitrogen and oxygen atoms in total. The number of anilines is 2. The van der Waals surface area contributed by atoms with Crippen molar-refractivity contribution in [1.29, 1.82) is 0 Å². The molecule has 1 heterocycles. The van der Waals surface area contributed by atoms with Crippen LogP contribution in [0.1, 0.15) is 20.3 Å². The van der Waals surface area contributed by atoms with Crippen molar-refractivity contribution in [2.75, 3.05) is 31.3 Å². The molecule has 0 aliphatic rings. The van der Waals surface area contributed by atoms with Crippen LogP contribution < -0.4 is 11.1 Å². The molecule has 106 valence electrons. The number of aromatic nitrogens is 1. The first-order valence-electron chi connectivity index (χ1n) is 5.99. The predicted molar refractivity (Wildman–Crippen MR) is 74.1 cm³/mol. The Morgan fingerprint density at radius 2 is 2.21 bits per heavy atom. The summed E-state index contributed by atoms with van der Waals surface area (Å²) in [6.45, 7) is 5.46. The molecule has 0 spiro atoms. The van der Waals surface area contributed by atoms with Gasteiger partial charge in [-0.3, -0.25) is 10.1 Å². The van der Waals surface area contributed by atoms with Gasteiger partial charge in [0.2, 0.25) is 0 Å². The molecule has 0 aliphatic heterocycles. The molecular weight excluding hydrogens is 248 g/mol. The molecule has 0 bridgehead atoms. The number of nitrogen functional groups attached to an aromatic ring is 1. The summed E-state index contributed by atoms with van der Waals surface area (Å²) in [5.74, 6) is 0.545. The summed E-state index contributed by atoms with van der Waals surface area (Å²) in [5, 5.41) is 13.8. The van der Waals surface area contributed by atoms with Crippen LogP contribution in [0.5, 0.6) is 0 Å². The Morgan fingerprint density at radius 1 is 1.53 bits per heavy atom. The second-order valence-electron chi connectivity index (χ2n) is 5.15. The summed E-state index contributed by atoms with van der Waals surface area (Å²) in [7, 11) is 1.66. The fourth-order valence-electron chi connectivity index (χ4n) is 1.53. The molecule has 1 aromatic rings. The van der Waals surface area contributed by atoms with Gasteiger partial charge < -0.3 is 15.8 Å². The SMILES string of the molecule is COCCC(C)(C)CNc1cc([N+](=O)[O-])cc(N)n1. The highest BCUT2D eigenvalue weighted by atomic mass is 16.6. The normalized spacial score (nSPS) is 11.3. The van der Waals surface area contributed by atoms with Crippen LogP contribution in [0.25, 0.3) is 0 Å². The van der Waals surface area contributed by atoms with Crippen molar-refractivity contribution in [3.8, 4) is 0 Å². The second-order valence-corrected chi connectivity index (χ2v) is 5.15. The zero-order valence-corrected chi connectivity index (χ0v) is 11.5. The number of rotatable bonds is 7. The van der Waals surface area contributed by atoms with Crippen LogP contribution in [-0.4, -0.2) is 30.2 Å². The standard InChI is InChI=1S/C12H20N4O3/c1-12(2,4-5-19-3)8-14-11-7-9(16(17)18)6-10(13)15-11/h6-7H,4-5,8H2,1-3H3,(H3,13,14,15). The van der Waals surface area contributed by atoms with Gasteiger partial charge in [-0.1, -0.05) is 13.8 Å². The van der Waals surface area contributed by atoms with E-state index < -0.39 is 4.92 Å². The zero-order chi connectivity index (χ0) is 14.5. The molecule has 0 atom stereocenters. The summed E-state index contributed by atoms with van der Waals surface area (Å²) in [6.07, 6.45) is 0.876. The van der Waals surface area contributed by atoms with E-state index in [-0.39, 0.29) is 16.9 Å². The lowest BCUT2D eigenvalue weighted by atomic mass is 9.90. The molecule has 1 aromatic heterocycles. The predicted octanol–water partition coefficient (Wildman–Crippen LogP) is 2.05. The fraction of sp³-hybridized carbons (Fsp3) is 0.583. The van der Waals surface area contributed by atoms with E-state index in [0.29, 0.717) is 19.0 Å². The quantitative estimate of drug-likeness (QED) is 0.579. The highest BCUT2D eigenvalue weighted by Gasteiger charge is 2.18. The maximum Gasteiger partial charge on any atom is 0.276 e. The Labute approximate surface area is 112 Å². The topological polar surface area (TPSA) is 103 Å². The third kappa shape index (κ3) is 5.09. The van der Waals surface area contributed by atoms with Gasteiger partial charge in [0.1, 0.15) is 11.6 Å². The Bertz CT molecular complexity index is 449. The maximum absolute atomic E-state index is 10.7. The first kappa shape index (κ1) is 15.2. The average Bonchev–Trinajstić information content (AvgIpc) is 2.33. The molecule has 0 aromatic carbocycles. The molecule has 0 saturated carbocycles. The molecule has 0 fully saturated rings. The van der Waals surface area contributed by atoms with Crippen LogP contribution in [-0.2, 0) is 4.74 Å². The maximum atomic E-state index is 10.7. The Hall–Kier alpha value is -1.89. The van der Waals surface area contributed by atoms with Crippen molar-refractivity contribution in [2.24, 2.45) is 5.41 Å². The number of hydrogen-bond donors (Lipinski definition) is 2. The van der Waals surface area contributed by atoms with Crippen LogP contribution in [0.15, 0.2) is 12.1 Å². The number of methoxy groups -OCH3 is 1. The number of ether oxygens (including phenoxy) is 1. The highest BCUT2D eigenvalue weighted by Crippen LogP contribution is 2.23. The van der Waals surface area contributed by atoms with Gasteiger partial charge in [-0.2, -0.15) is 0 Å². The van der Waals surface area contributed by atoms with E-state index in [2.05, 4.69) is 24.1 Å². The largest absolute Gasteiger partial charge is 0.385 e. The third-order valence-electron chi connectivity index (χ3n) is 2.77. The number of nitro groups is 1. The Morgan fingerprint density at radius 3 is 2.79 bits per heavy atom. The van der Waals surface area contributed by atoms with Gasteiger partial charge in [-0.05, 0) is 11.8 Å². The fourth-order valence-corrected chi connectivity index (χ4v) is 1.53. The number of pyridine rings is 1. The van der Waals surface area contributed by atoms with Crippen LogP contribution >= 0.6 is 0 Å². The lowest BCUT2D eigenvalue weighted by Gasteiger charge is -2.24. The minimum atomic E-state index is -0.487. The Balaban J connectivity index is 2.69. The van der Waals surface area contributed by atoms with Gasteiger partial charge >= 0.3 is 0 Å². The van der Waals surface area contributed by atoms with Crippen molar-refractivity contribution in [3.63, 3.8) is 0 Å². The summed E-state index contributed by atoms with van der Waals surface area (Å²) in [6, 6.07) is 2.62. The van der Waals surface area contributed by atoms with Crippen molar-refractivity contribution >= 4 is 17.3 Å². The molecule has 0 radical (unpaired) electrons. The zero-order valence-electron chi connectivity index (χ0n) is 11.5. The van der Waals surface area contributed by atoms with Crippen LogP contribution in [0.3, 0.4) is 0 Å². The van der Waals surface area contributed by atoms with Crippen LogP contribution in [0.4, 0.5) is 17.3 Å². The monoisotopic (exact) mass is 268 g/mol. The molecule has 1 rings (SSSR count). The van der Waals surface area contributed by atoms with Gasteiger partial charge in [0, 0.05) is 20.3 Å². The third-order valence-corrected chi connectivity index (χ3v) is 2.77. The number of nitrogens with zero attached hydrogens (tertiary/aromatic N) is 2. The highest BCUT2D eigenvalue weighted by molar-refractivity contribution is 5.52. The summed E-state index contributed by atoms with van der Waals surface area (Å²) in [5.41, 5.74) is 5.47. The second kappa shape index (κ2) is 6.33. The van der Waals surface area contributed by atoms with Gasteiger partial charge in [0.25, 0.3) is 5.69 Å². The van der Waals surface area contributed by atoms with Crippen molar-refractivity contribution in [3.05, 3.63) is 22.2 Å². The molecule has 7 heteroatoms. The molecule has 0 saturated heterocycles. The molecule has 0 aliphatic carbocycles. The first-order valence-corrected chi connectivity index (χ1v) is 5.99. The molecule has 0 amide bonds. The molecule has 3 N–H and O–H groups in total. The molecule has 19 heavy (non-hydrogen) atoms. The molecular formula is C12H20N4O3. The van der Waals surface area contributed by atoms with Gasteiger partial charge in [0.15, 0.2) is 0 Å². The molecule has 0 unspecified atom stereocenters. The lowest BCUT2D eigenvalue weighted by Crippen LogP contribution is -2.25. The van der Waals surface area contributed by atoms with Crippen LogP contribution in [0, 0.1) is 15.5 Å². The van der Waals surface area contributed by atoms with Gasteiger partial charge in [0.05, 0.1) is 17.1 Å². The van der Waals surface area contributed by atoms with Crippen molar-refractivity contribution in [1.82, 2.24) is 4.98 Å². The first-order chi connectivity index (χ1) is 8.84.